The highest BCUT2D eigenvalue weighted by Gasteiger charge is 2.53. The van der Waals surface area contributed by atoms with E-state index in [2.05, 4.69) is 5.32 Å². The summed E-state index contributed by atoms with van der Waals surface area (Å²) in [6, 6.07) is 7.52. The summed E-state index contributed by atoms with van der Waals surface area (Å²) in [6.45, 7) is 4.66. The summed E-state index contributed by atoms with van der Waals surface area (Å²) < 4.78 is 10.9. The number of esters is 1. The highest BCUT2D eigenvalue weighted by molar-refractivity contribution is 5.89. The summed E-state index contributed by atoms with van der Waals surface area (Å²) in [5, 5.41) is 12.9. The lowest BCUT2D eigenvalue weighted by Gasteiger charge is -2.43. The molecule has 2 N–H and O–H groups in total. The third-order valence-electron chi connectivity index (χ3n) is 6.49. The number of ether oxygens (including phenoxy) is 2. The van der Waals surface area contributed by atoms with Gasteiger partial charge in [-0.2, -0.15) is 0 Å². The number of nitrogens with zero attached hydrogens (tertiary/aromatic N) is 1. The standard InChI is InChI=1S/C24H34N2O6/c1-3-32-23(30)19(11-10-18-8-5-4-6-9-18)25-17(2)21(27)26-20(22(28)29)12-14-24(26)13-7-15-31-16-24/h4-6,8-9,17,19-20,25H,3,7,10-16H2,1-2H3,(H,28,29)/t17-,19?,20?,24?/m0/s1. The summed E-state index contributed by atoms with van der Waals surface area (Å²) in [4.78, 5) is 39.5. The Morgan fingerprint density at radius 3 is 2.66 bits per heavy atom. The van der Waals surface area contributed by atoms with Crippen molar-refractivity contribution < 1.29 is 29.0 Å². The van der Waals surface area contributed by atoms with Gasteiger partial charge in [-0.3, -0.25) is 14.9 Å². The van der Waals surface area contributed by atoms with Gasteiger partial charge < -0.3 is 19.5 Å². The van der Waals surface area contributed by atoms with Crippen LogP contribution in [-0.4, -0.2) is 71.3 Å². The number of carboxylic acid groups (broad SMARTS) is 1. The van der Waals surface area contributed by atoms with Crippen molar-refractivity contribution in [3.05, 3.63) is 35.9 Å². The average Bonchev–Trinajstić information content (AvgIpc) is 3.15. The van der Waals surface area contributed by atoms with Gasteiger partial charge in [0, 0.05) is 6.61 Å². The first-order chi connectivity index (χ1) is 15.4. The Kier molecular flexibility index (Phi) is 8.26. The molecule has 176 valence electrons. The number of carboxylic acids is 1. The van der Waals surface area contributed by atoms with E-state index in [1.807, 2.05) is 30.3 Å². The van der Waals surface area contributed by atoms with Crippen molar-refractivity contribution in [2.45, 2.75) is 76.0 Å². The van der Waals surface area contributed by atoms with Crippen LogP contribution in [0.4, 0.5) is 0 Å². The molecule has 1 spiro atoms. The maximum absolute atomic E-state index is 13.5. The van der Waals surface area contributed by atoms with E-state index in [0.29, 0.717) is 38.9 Å². The number of carbonyl (C=O) groups excluding carboxylic acids is 2. The number of hydrogen-bond donors (Lipinski definition) is 2. The lowest BCUT2D eigenvalue weighted by molar-refractivity contribution is -0.158. The molecule has 3 unspecified atom stereocenters. The topological polar surface area (TPSA) is 105 Å². The zero-order chi connectivity index (χ0) is 23.1. The summed E-state index contributed by atoms with van der Waals surface area (Å²) in [7, 11) is 0. The van der Waals surface area contributed by atoms with Crippen molar-refractivity contribution in [3.8, 4) is 0 Å². The number of nitrogens with one attached hydrogen (secondary N) is 1. The van der Waals surface area contributed by atoms with Crippen molar-refractivity contribution >= 4 is 17.8 Å². The van der Waals surface area contributed by atoms with Crippen molar-refractivity contribution in [1.82, 2.24) is 10.2 Å². The second-order valence-electron chi connectivity index (χ2n) is 8.70. The SMILES string of the molecule is CCOC(=O)C(CCc1ccccc1)N[C@@H](C)C(=O)N1C(C(=O)O)CCC12CCCOC2. The number of carbonyl (C=O) groups is 3. The molecule has 0 saturated carbocycles. The van der Waals surface area contributed by atoms with Gasteiger partial charge in [-0.1, -0.05) is 30.3 Å². The Hall–Kier alpha value is -2.45. The van der Waals surface area contributed by atoms with Crippen LogP contribution in [0.15, 0.2) is 30.3 Å². The first kappa shape index (κ1) is 24.2. The second kappa shape index (κ2) is 10.9. The predicted octanol–water partition coefficient (Wildman–Crippen LogP) is 2.15. The quantitative estimate of drug-likeness (QED) is 0.560. The Bertz CT molecular complexity index is 793. The minimum atomic E-state index is -1.00. The molecule has 8 heteroatoms. The number of rotatable bonds is 9. The van der Waals surface area contributed by atoms with E-state index in [1.54, 1.807) is 13.8 Å². The molecular formula is C24H34N2O6. The Labute approximate surface area is 189 Å². The van der Waals surface area contributed by atoms with Gasteiger partial charge in [-0.25, -0.2) is 4.79 Å². The monoisotopic (exact) mass is 446 g/mol. The van der Waals surface area contributed by atoms with E-state index in [4.69, 9.17) is 9.47 Å². The minimum absolute atomic E-state index is 0.248. The zero-order valence-electron chi connectivity index (χ0n) is 18.9. The van der Waals surface area contributed by atoms with Gasteiger partial charge >= 0.3 is 11.9 Å². The fraction of sp³-hybridized carbons (Fsp3) is 0.625. The number of hydrogen-bond acceptors (Lipinski definition) is 6. The molecule has 2 aliphatic rings. The highest BCUT2D eigenvalue weighted by Crippen LogP contribution is 2.40. The first-order valence-corrected chi connectivity index (χ1v) is 11.5. The van der Waals surface area contributed by atoms with Crippen molar-refractivity contribution in [2.24, 2.45) is 0 Å². The van der Waals surface area contributed by atoms with Crippen LogP contribution in [0.2, 0.25) is 0 Å². The lowest BCUT2D eigenvalue weighted by atomic mass is 9.89. The Morgan fingerprint density at radius 2 is 2.03 bits per heavy atom. The van der Waals surface area contributed by atoms with Crippen LogP contribution in [-0.2, 0) is 30.3 Å². The molecule has 2 saturated heterocycles. The second-order valence-corrected chi connectivity index (χ2v) is 8.70. The maximum atomic E-state index is 13.5. The fourth-order valence-electron chi connectivity index (χ4n) is 4.88. The third-order valence-corrected chi connectivity index (χ3v) is 6.49. The molecule has 32 heavy (non-hydrogen) atoms. The van der Waals surface area contributed by atoms with E-state index in [-0.39, 0.29) is 12.5 Å². The molecule has 8 nitrogen and oxygen atoms in total. The van der Waals surface area contributed by atoms with Crippen LogP contribution < -0.4 is 5.32 Å². The van der Waals surface area contributed by atoms with Gasteiger partial charge in [0.1, 0.15) is 12.1 Å². The van der Waals surface area contributed by atoms with E-state index in [0.717, 1.165) is 18.4 Å². The van der Waals surface area contributed by atoms with Crippen LogP contribution in [0.1, 0.15) is 51.5 Å². The first-order valence-electron chi connectivity index (χ1n) is 11.5. The molecule has 0 bridgehead atoms. The summed E-state index contributed by atoms with van der Waals surface area (Å²) in [6.07, 6.45) is 3.66. The van der Waals surface area contributed by atoms with Gasteiger partial charge in [-0.05, 0) is 57.9 Å². The Morgan fingerprint density at radius 1 is 1.28 bits per heavy atom. The lowest BCUT2D eigenvalue weighted by Crippen LogP contribution is -2.61. The normalized spacial score (nSPS) is 24.8. The van der Waals surface area contributed by atoms with Gasteiger partial charge in [0.25, 0.3) is 0 Å². The number of aryl methyl sites for hydroxylation is 1. The smallest absolute Gasteiger partial charge is 0.326 e. The molecule has 1 aromatic carbocycles. The minimum Gasteiger partial charge on any atom is -0.480 e. The van der Waals surface area contributed by atoms with E-state index in [9.17, 15) is 19.5 Å². The molecule has 3 rings (SSSR count). The fourth-order valence-corrected chi connectivity index (χ4v) is 4.88. The summed E-state index contributed by atoms with van der Waals surface area (Å²) >= 11 is 0. The van der Waals surface area contributed by atoms with Crippen LogP contribution in [0.25, 0.3) is 0 Å². The molecule has 2 heterocycles. The summed E-state index contributed by atoms with van der Waals surface area (Å²) in [5.74, 6) is -1.72. The van der Waals surface area contributed by atoms with E-state index in [1.165, 1.54) is 4.90 Å². The van der Waals surface area contributed by atoms with Crippen LogP contribution >= 0.6 is 0 Å². The highest BCUT2D eigenvalue weighted by atomic mass is 16.5. The maximum Gasteiger partial charge on any atom is 0.326 e. The van der Waals surface area contributed by atoms with Crippen LogP contribution in [0, 0.1) is 0 Å². The Balaban J connectivity index is 1.74. The number of likely N-dealkylation sites (tertiary alicyclic amines) is 1. The molecule has 4 atom stereocenters. The number of benzene rings is 1. The van der Waals surface area contributed by atoms with E-state index >= 15 is 0 Å². The van der Waals surface area contributed by atoms with Crippen LogP contribution in [0.5, 0.6) is 0 Å². The zero-order valence-corrected chi connectivity index (χ0v) is 18.9. The molecule has 1 aromatic rings. The molecule has 2 aliphatic heterocycles. The van der Waals surface area contributed by atoms with Gasteiger partial charge in [0.15, 0.2) is 0 Å². The molecule has 1 amide bonds. The van der Waals surface area contributed by atoms with Gasteiger partial charge in [0.2, 0.25) is 5.91 Å². The van der Waals surface area contributed by atoms with E-state index < -0.39 is 35.6 Å². The molecule has 0 aliphatic carbocycles. The largest absolute Gasteiger partial charge is 0.480 e. The molecule has 0 aromatic heterocycles. The molecule has 2 fully saturated rings. The van der Waals surface area contributed by atoms with Crippen molar-refractivity contribution in [1.29, 1.82) is 0 Å². The average molecular weight is 447 g/mol. The summed E-state index contributed by atoms with van der Waals surface area (Å²) in [5.41, 5.74) is 0.504. The molecular weight excluding hydrogens is 412 g/mol. The number of amides is 1. The van der Waals surface area contributed by atoms with Gasteiger partial charge in [-0.15, -0.1) is 0 Å². The van der Waals surface area contributed by atoms with Gasteiger partial charge in [0.05, 0.1) is 24.8 Å². The van der Waals surface area contributed by atoms with Crippen molar-refractivity contribution in [3.63, 3.8) is 0 Å². The third kappa shape index (κ3) is 5.48. The predicted molar refractivity (Wildman–Crippen MR) is 118 cm³/mol. The van der Waals surface area contributed by atoms with Crippen molar-refractivity contribution in [2.75, 3.05) is 19.8 Å². The number of aliphatic carboxylic acids is 1. The molecule has 0 radical (unpaired) electrons. The van der Waals surface area contributed by atoms with Crippen LogP contribution in [0.3, 0.4) is 0 Å².